The summed E-state index contributed by atoms with van der Waals surface area (Å²) < 4.78 is 0. The number of hydrogen-bond acceptors (Lipinski definition) is 4. The summed E-state index contributed by atoms with van der Waals surface area (Å²) in [7, 11) is 3.92. The number of anilines is 1. The van der Waals surface area contributed by atoms with Gasteiger partial charge in [-0.25, -0.2) is 9.78 Å². The Kier molecular flexibility index (Phi) is 4.90. The van der Waals surface area contributed by atoms with Crippen LogP contribution in [0.4, 0.5) is 5.82 Å². The van der Waals surface area contributed by atoms with E-state index in [-0.39, 0.29) is 0 Å². The van der Waals surface area contributed by atoms with Crippen LogP contribution in [0.15, 0.2) is 42.5 Å². The molecular weight excluding hydrogens is 266 g/mol. The summed E-state index contributed by atoms with van der Waals surface area (Å²) in [6.07, 6.45) is 0. The highest BCUT2D eigenvalue weighted by Crippen LogP contribution is 2.08. The van der Waals surface area contributed by atoms with Gasteiger partial charge < -0.3 is 15.3 Å². The smallest absolute Gasteiger partial charge is 0.335 e. The van der Waals surface area contributed by atoms with Crippen LogP contribution in [0, 0.1) is 0 Å². The van der Waals surface area contributed by atoms with E-state index in [4.69, 9.17) is 5.11 Å². The molecule has 0 atom stereocenters. The molecule has 0 unspecified atom stereocenters. The van der Waals surface area contributed by atoms with E-state index in [9.17, 15) is 4.79 Å². The van der Waals surface area contributed by atoms with Gasteiger partial charge in [0.05, 0.1) is 11.3 Å². The van der Waals surface area contributed by atoms with Gasteiger partial charge in [0.2, 0.25) is 0 Å². The molecule has 0 amide bonds. The Labute approximate surface area is 124 Å². The second-order valence-corrected chi connectivity index (χ2v) is 4.99. The van der Waals surface area contributed by atoms with E-state index in [2.05, 4.69) is 10.3 Å². The van der Waals surface area contributed by atoms with Gasteiger partial charge in [0, 0.05) is 27.2 Å². The molecule has 0 aliphatic rings. The fraction of sp³-hybridized carbons (Fsp3) is 0.250. The zero-order chi connectivity index (χ0) is 15.2. The number of carboxylic acids is 1. The number of hydrogen-bond donors (Lipinski definition) is 2. The minimum Gasteiger partial charge on any atom is -0.478 e. The van der Waals surface area contributed by atoms with E-state index in [1.807, 2.05) is 49.3 Å². The fourth-order valence-electron chi connectivity index (χ4n) is 1.91. The van der Waals surface area contributed by atoms with Crippen LogP contribution >= 0.6 is 0 Å². The standard InChI is InChI=1S/C16H19N3O2/c1-19(2)15-5-3-4-14(18-15)11-17-10-12-6-8-13(9-7-12)16(20)21/h3-9,17H,10-11H2,1-2H3,(H,20,21). The van der Waals surface area contributed by atoms with E-state index in [1.54, 1.807) is 12.1 Å². The first-order chi connectivity index (χ1) is 10.1. The van der Waals surface area contributed by atoms with Gasteiger partial charge in [0.15, 0.2) is 0 Å². The lowest BCUT2D eigenvalue weighted by Crippen LogP contribution is -2.16. The predicted octanol–water partition coefficient (Wildman–Crippen LogP) is 2.14. The van der Waals surface area contributed by atoms with E-state index in [0.717, 1.165) is 17.1 Å². The van der Waals surface area contributed by atoms with E-state index < -0.39 is 5.97 Å². The normalized spacial score (nSPS) is 10.4. The Bertz CT molecular complexity index is 609. The molecule has 21 heavy (non-hydrogen) atoms. The van der Waals surface area contributed by atoms with Crippen molar-refractivity contribution in [1.82, 2.24) is 10.3 Å². The van der Waals surface area contributed by atoms with Crippen LogP contribution in [0.25, 0.3) is 0 Å². The number of carbonyl (C=O) groups is 1. The SMILES string of the molecule is CN(C)c1cccc(CNCc2ccc(C(=O)O)cc2)n1. The van der Waals surface area contributed by atoms with Crippen molar-refractivity contribution in [2.45, 2.75) is 13.1 Å². The Morgan fingerprint density at radius 1 is 1.14 bits per heavy atom. The molecule has 1 aromatic carbocycles. The van der Waals surface area contributed by atoms with Crippen molar-refractivity contribution >= 4 is 11.8 Å². The highest BCUT2D eigenvalue weighted by molar-refractivity contribution is 5.87. The summed E-state index contributed by atoms with van der Waals surface area (Å²) in [6, 6.07) is 12.8. The van der Waals surface area contributed by atoms with E-state index in [0.29, 0.717) is 18.7 Å². The molecule has 5 nitrogen and oxygen atoms in total. The summed E-state index contributed by atoms with van der Waals surface area (Å²) in [5.74, 6) is 0.0271. The average molecular weight is 285 g/mol. The second kappa shape index (κ2) is 6.85. The quantitative estimate of drug-likeness (QED) is 0.851. The van der Waals surface area contributed by atoms with Crippen LogP contribution < -0.4 is 10.2 Å². The number of nitrogens with one attached hydrogen (secondary N) is 1. The molecule has 0 aliphatic heterocycles. The molecule has 1 aromatic heterocycles. The lowest BCUT2D eigenvalue weighted by atomic mass is 10.1. The predicted molar refractivity (Wildman–Crippen MR) is 82.5 cm³/mol. The van der Waals surface area contributed by atoms with Crippen molar-refractivity contribution in [3.8, 4) is 0 Å². The molecule has 2 rings (SSSR count). The van der Waals surface area contributed by atoms with Gasteiger partial charge in [0.25, 0.3) is 0 Å². The van der Waals surface area contributed by atoms with Crippen molar-refractivity contribution < 1.29 is 9.90 Å². The Morgan fingerprint density at radius 2 is 1.86 bits per heavy atom. The fourth-order valence-corrected chi connectivity index (χ4v) is 1.91. The van der Waals surface area contributed by atoms with Gasteiger partial charge in [-0.15, -0.1) is 0 Å². The number of rotatable bonds is 6. The molecule has 0 spiro atoms. The number of pyridine rings is 1. The molecule has 0 saturated carbocycles. The molecule has 0 radical (unpaired) electrons. The van der Waals surface area contributed by atoms with Gasteiger partial charge in [-0.1, -0.05) is 18.2 Å². The first-order valence-corrected chi connectivity index (χ1v) is 6.72. The average Bonchev–Trinajstić information content (AvgIpc) is 2.48. The van der Waals surface area contributed by atoms with Gasteiger partial charge >= 0.3 is 5.97 Å². The number of nitrogens with zero attached hydrogens (tertiary/aromatic N) is 2. The minimum atomic E-state index is -0.904. The summed E-state index contributed by atoms with van der Waals surface area (Å²) in [5.41, 5.74) is 2.33. The minimum absolute atomic E-state index is 0.305. The molecule has 110 valence electrons. The summed E-state index contributed by atoms with van der Waals surface area (Å²) >= 11 is 0. The molecule has 1 heterocycles. The molecule has 5 heteroatoms. The number of aromatic nitrogens is 1. The highest BCUT2D eigenvalue weighted by Gasteiger charge is 2.02. The van der Waals surface area contributed by atoms with Gasteiger partial charge in [-0.3, -0.25) is 0 Å². The second-order valence-electron chi connectivity index (χ2n) is 4.99. The molecule has 0 aliphatic carbocycles. The topological polar surface area (TPSA) is 65.5 Å². The van der Waals surface area contributed by atoms with Crippen LogP contribution in [0.1, 0.15) is 21.6 Å². The lowest BCUT2D eigenvalue weighted by Gasteiger charge is -2.12. The van der Waals surface area contributed by atoms with Crippen molar-refractivity contribution in [1.29, 1.82) is 0 Å². The first kappa shape index (κ1) is 15.0. The molecule has 0 bridgehead atoms. The van der Waals surface area contributed by atoms with E-state index >= 15 is 0 Å². The molecule has 0 saturated heterocycles. The third kappa shape index (κ3) is 4.29. The molecule has 2 N–H and O–H groups in total. The zero-order valence-corrected chi connectivity index (χ0v) is 12.2. The van der Waals surface area contributed by atoms with Gasteiger partial charge in [-0.2, -0.15) is 0 Å². The van der Waals surface area contributed by atoms with Crippen molar-refractivity contribution in [3.05, 3.63) is 59.3 Å². The molecule has 2 aromatic rings. The summed E-state index contributed by atoms with van der Waals surface area (Å²) in [5, 5.41) is 12.1. The Balaban J connectivity index is 1.89. The highest BCUT2D eigenvalue weighted by atomic mass is 16.4. The first-order valence-electron chi connectivity index (χ1n) is 6.72. The number of aromatic carboxylic acids is 1. The van der Waals surface area contributed by atoms with E-state index in [1.165, 1.54) is 0 Å². The van der Waals surface area contributed by atoms with Crippen LogP contribution in [0.2, 0.25) is 0 Å². The molecular formula is C16H19N3O2. The molecule has 0 fully saturated rings. The third-order valence-electron chi connectivity index (χ3n) is 3.09. The maximum absolute atomic E-state index is 10.8. The summed E-state index contributed by atoms with van der Waals surface area (Å²) in [4.78, 5) is 17.3. The largest absolute Gasteiger partial charge is 0.478 e. The third-order valence-corrected chi connectivity index (χ3v) is 3.09. The van der Waals surface area contributed by atoms with Crippen molar-refractivity contribution in [2.75, 3.05) is 19.0 Å². The van der Waals surface area contributed by atoms with Gasteiger partial charge in [-0.05, 0) is 29.8 Å². The number of benzene rings is 1. The maximum Gasteiger partial charge on any atom is 0.335 e. The lowest BCUT2D eigenvalue weighted by molar-refractivity contribution is 0.0697. The van der Waals surface area contributed by atoms with Crippen LogP contribution in [0.3, 0.4) is 0 Å². The Hall–Kier alpha value is -2.40. The monoisotopic (exact) mass is 285 g/mol. The number of carboxylic acid groups (broad SMARTS) is 1. The Morgan fingerprint density at radius 3 is 2.48 bits per heavy atom. The summed E-state index contributed by atoms with van der Waals surface area (Å²) in [6.45, 7) is 1.34. The van der Waals surface area contributed by atoms with Gasteiger partial charge in [0.1, 0.15) is 5.82 Å². The van der Waals surface area contributed by atoms with Crippen molar-refractivity contribution in [3.63, 3.8) is 0 Å². The van der Waals surface area contributed by atoms with Crippen molar-refractivity contribution in [2.24, 2.45) is 0 Å². The zero-order valence-electron chi connectivity index (χ0n) is 12.2. The maximum atomic E-state index is 10.8. The van der Waals surface area contributed by atoms with Crippen LogP contribution in [-0.4, -0.2) is 30.2 Å². The van der Waals surface area contributed by atoms with Crippen LogP contribution in [0.5, 0.6) is 0 Å². The van der Waals surface area contributed by atoms with Crippen LogP contribution in [-0.2, 0) is 13.1 Å².